The van der Waals surface area contributed by atoms with Crippen LogP contribution in [0.5, 0.6) is 5.75 Å². The lowest BCUT2D eigenvalue weighted by molar-refractivity contribution is -0.147. The molecule has 0 bridgehead atoms. The third-order valence-corrected chi connectivity index (χ3v) is 8.66. The zero-order valence-corrected chi connectivity index (χ0v) is 28.2. The van der Waals surface area contributed by atoms with Gasteiger partial charge in [0.1, 0.15) is 11.8 Å². The number of benzene rings is 3. The minimum atomic E-state index is -3.33. The number of para-hydroxylation sites is 1. The van der Waals surface area contributed by atoms with Crippen LogP contribution in [0.1, 0.15) is 28.7 Å². The molecule has 0 aliphatic carbocycles. The van der Waals surface area contributed by atoms with Gasteiger partial charge in [-0.05, 0) is 42.2 Å². The largest absolute Gasteiger partial charge is 0.483 e. The van der Waals surface area contributed by atoms with Crippen LogP contribution in [-0.2, 0) is 31.8 Å². The van der Waals surface area contributed by atoms with E-state index in [4.69, 9.17) is 4.74 Å². The van der Waals surface area contributed by atoms with Crippen molar-refractivity contribution in [1.29, 1.82) is 0 Å². The zero-order chi connectivity index (χ0) is 33.4. The fourth-order valence-corrected chi connectivity index (χ4v) is 5.97. The van der Waals surface area contributed by atoms with Crippen LogP contribution >= 0.6 is 22.6 Å². The number of amides is 3. The second kappa shape index (κ2) is 15.7. The van der Waals surface area contributed by atoms with Gasteiger partial charge in [0.2, 0.25) is 5.91 Å². The molecular weight excluding hydrogens is 709 g/mol. The summed E-state index contributed by atoms with van der Waals surface area (Å²) in [5.74, 6) is -5.18. The predicted octanol–water partition coefficient (Wildman–Crippen LogP) is 4.02. The lowest BCUT2D eigenvalue weighted by Crippen LogP contribution is -2.56. The molecule has 3 N–H and O–H groups in total. The fraction of sp³-hybridized carbons (Fsp3) is 0.382. The van der Waals surface area contributed by atoms with Crippen LogP contribution in [0.3, 0.4) is 0 Å². The second-order valence-electron chi connectivity index (χ2n) is 11.6. The molecule has 0 spiro atoms. The minimum Gasteiger partial charge on any atom is -0.483 e. The van der Waals surface area contributed by atoms with E-state index in [1.165, 1.54) is 0 Å². The summed E-state index contributed by atoms with van der Waals surface area (Å²) >= 11 is 2.20. The highest BCUT2D eigenvalue weighted by atomic mass is 127. The van der Waals surface area contributed by atoms with Crippen LogP contribution < -0.4 is 20.3 Å². The second-order valence-corrected chi connectivity index (χ2v) is 12.4. The smallest absolute Gasteiger partial charge is 0.267 e. The number of carbonyl (C=O) groups is 3. The number of aliphatic hydroxyl groups is 1. The van der Waals surface area contributed by atoms with Gasteiger partial charge in [-0.15, -0.1) is 0 Å². The number of halogens is 3. The molecule has 1 saturated heterocycles. The molecule has 9 nitrogen and oxygen atoms in total. The SMILES string of the molecule is Cc1cccc(CI)c1OCC(=O)N[C@@H](Cc1ccccc1)[C@H](O)C(=O)N1CC(F)(F)C[C@H]1C(=O)NCc1ccc(N(C)C)cc1. The number of nitrogens with zero attached hydrogens (tertiary/aromatic N) is 2. The van der Waals surface area contributed by atoms with Crippen LogP contribution in [0.2, 0.25) is 0 Å². The maximum absolute atomic E-state index is 14.7. The van der Waals surface area contributed by atoms with Crippen molar-refractivity contribution in [2.75, 3.05) is 32.1 Å². The first kappa shape index (κ1) is 35.1. The molecule has 12 heteroatoms. The third kappa shape index (κ3) is 9.15. The summed E-state index contributed by atoms with van der Waals surface area (Å²) < 4.78 is 35.8. The Kier molecular flexibility index (Phi) is 12.0. The Bertz CT molecular complexity index is 1510. The van der Waals surface area contributed by atoms with Crippen LogP contribution in [-0.4, -0.2) is 79.1 Å². The van der Waals surface area contributed by atoms with Crippen LogP contribution in [0.25, 0.3) is 0 Å². The fourth-order valence-electron chi connectivity index (χ4n) is 5.36. The number of nitrogens with one attached hydrogen (secondary N) is 2. The number of alkyl halides is 3. The summed E-state index contributed by atoms with van der Waals surface area (Å²) in [6, 6.07) is 19.2. The Hall–Kier alpha value is -3.78. The molecule has 1 heterocycles. The number of aliphatic hydroxyl groups excluding tert-OH is 1. The summed E-state index contributed by atoms with van der Waals surface area (Å²) in [7, 11) is 3.79. The highest BCUT2D eigenvalue weighted by Gasteiger charge is 2.51. The van der Waals surface area contributed by atoms with E-state index in [2.05, 4.69) is 33.2 Å². The molecule has 3 atom stereocenters. The molecular formula is C34H39F2IN4O5. The molecule has 0 radical (unpaired) electrons. The molecule has 3 aromatic rings. The first-order valence-corrected chi connectivity index (χ1v) is 16.4. The molecule has 246 valence electrons. The van der Waals surface area contributed by atoms with Crippen molar-refractivity contribution in [2.24, 2.45) is 0 Å². The molecule has 1 aliphatic rings. The number of anilines is 1. The van der Waals surface area contributed by atoms with E-state index in [0.29, 0.717) is 15.7 Å². The van der Waals surface area contributed by atoms with Gasteiger partial charge < -0.3 is 30.3 Å². The number of hydrogen-bond acceptors (Lipinski definition) is 6. The normalized spacial score (nSPS) is 16.8. The van der Waals surface area contributed by atoms with Gasteiger partial charge in [0.05, 0.1) is 12.6 Å². The first-order valence-electron chi connectivity index (χ1n) is 14.9. The van der Waals surface area contributed by atoms with Crippen molar-refractivity contribution in [2.45, 2.75) is 54.8 Å². The van der Waals surface area contributed by atoms with Crippen LogP contribution in [0, 0.1) is 6.92 Å². The van der Waals surface area contributed by atoms with Crippen molar-refractivity contribution in [3.63, 3.8) is 0 Å². The lowest BCUT2D eigenvalue weighted by Gasteiger charge is -2.30. The van der Waals surface area contributed by atoms with Gasteiger partial charge >= 0.3 is 0 Å². The van der Waals surface area contributed by atoms with Gasteiger partial charge in [0, 0.05) is 42.7 Å². The number of ether oxygens (including phenoxy) is 1. The highest BCUT2D eigenvalue weighted by Crippen LogP contribution is 2.33. The highest BCUT2D eigenvalue weighted by molar-refractivity contribution is 14.1. The molecule has 0 aromatic heterocycles. The Balaban J connectivity index is 1.47. The topological polar surface area (TPSA) is 111 Å². The zero-order valence-electron chi connectivity index (χ0n) is 26.0. The van der Waals surface area contributed by atoms with Gasteiger partial charge in [0.25, 0.3) is 17.7 Å². The average Bonchev–Trinajstić information content (AvgIpc) is 3.37. The predicted molar refractivity (Wildman–Crippen MR) is 180 cm³/mol. The molecule has 3 aromatic carbocycles. The number of hydrogen-bond donors (Lipinski definition) is 3. The van der Waals surface area contributed by atoms with E-state index in [-0.39, 0.29) is 19.6 Å². The van der Waals surface area contributed by atoms with E-state index >= 15 is 0 Å². The molecule has 0 saturated carbocycles. The number of rotatable bonds is 13. The van der Waals surface area contributed by atoms with Crippen molar-refractivity contribution < 1.29 is 33.0 Å². The molecule has 3 amide bonds. The Morgan fingerprint density at radius 2 is 1.74 bits per heavy atom. The lowest BCUT2D eigenvalue weighted by atomic mass is 9.99. The van der Waals surface area contributed by atoms with E-state index in [0.717, 1.165) is 27.3 Å². The monoisotopic (exact) mass is 748 g/mol. The van der Waals surface area contributed by atoms with E-state index in [1.54, 1.807) is 30.3 Å². The first-order chi connectivity index (χ1) is 21.9. The van der Waals surface area contributed by atoms with Crippen molar-refractivity contribution >= 4 is 46.0 Å². The van der Waals surface area contributed by atoms with Gasteiger partial charge in [-0.25, -0.2) is 8.78 Å². The average molecular weight is 749 g/mol. The molecule has 1 aliphatic heterocycles. The Labute approximate surface area is 281 Å². The molecule has 0 unspecified atom stereocenters. The number of aryl methyl sites for hydroxylation is 1. The van der Waals surface area contributed by atoms with Crippen LogP contribution in [0.15, 0.2) is 72.8 Å². The maximum Gasteiger partial charge on any atom is 0.267 e. The maximum atomic E-state index is 14.7. The van der Waals surface area contributed by atoms with E-state index in [9.17, 15) is 28.3 Å². The quantitative estimate of drug-likeness (QED) is 0.180. The molecule has 1 fully saturated rings. The number of likely N-dealkylation sites (tertiary alicyclic amines) is 1. The minimum absolute atomic E-state index is 0.0346. The summed E-state index contributed by atoms with van der Waals surface area (Å²) in [4.78, 5) is 42.5. The summed E-state index contributed by atoms with van der Waals surface area (Å²) in [6.07, 6.45) is -2.75. The number of carbonyl (C=O) groups excluding carboxylic acids is 3. The Morgan fingerprint density at radius 3 is 2.39 bits per heavy atom. The third-order valence-electron chi connectivity index (χ3n) is 7.84. The van der Waals surface area contributed by atoms with Gasteiger partial charge in [-0.2, -0.15) is 0 Å². The molecule has 46 heavy (non-hydrogen) atoms. The standard InChI is InChI=1S/C34H39F2IN4O5/c1-22-8-7-11-25(18-37)31(22)46-20-29(42)39-27(16-23-9-5-4-6-10-23)30(43)33(45)41-21-34(35,36)17-28(41)32(44)38-19-24-12-14-26(15-13-24)40(2)3/h4-15,27-28,30,43H,16-21H2,1-3H3,(H,38,44)(H,39,42)/t27-,28-,30-/m0/s1. The van der Waals surface area contributed by atoms with Crippen molar-refractivity contribution in [3.8, 4) is 5.75 Å². The van der Waals surface area contributed by atoms with Crippen LogP contribution in [0.4, 0.5) is 14.5 Å². The molecule has 4 rings (SSSR count). The van der Waals surface area contributed by atoms with Crippen molar-refractivity contribution in [1.82, 2.24) is 15.5 Å². The van der Waals surface area contributed by atoms with Crippen molar-refractivity contribution in [3.05, 3.63) is 95.1 Å². The van der Waals surface area contributed by atoms with Gasteiger partial charge in [-0.3, -0.25) is 14.4 Å². The van der Waals surface area contributed by atoms with E-state index in [1.807, 2.05) is 68.4 Å². The Morgan fingerprint density at radius 1 is 1.04 bits per heavy atom. The van der Waals surface area contributed by atoms with Gasteiger partial charge in [-0.1, -0.05) is 83.3 Å². The summed E-state index contributed by atoms with van der Waals surface area (Å²) in [5, 5.41) is 16.6. The summed E-state index contributed by atoms with van der Waals surface area (Å²) in [5.41, 5.74) is 4.18. The van der Waals surface area contributed by atoms with E-state index < -0.39 is 54.8 Å². The summed E-state index contributed by atoms with van der Waals surface area (Å²) in [6.45, 7) is 0.526. The van der Waals surface area contributed by atoms with Gasteiger partial charge in [0.15, 0.2) is 12.7 Å².